The van der Waals surface area contributed by atoms with E-state index < -0.39 is 0 Å². The molecule has 0 radical (unpaired) electrons. The maximum Gasteiger partial charge on any atom is 0.192 e. The van der Waals surface area contributed by atoms with Gasteiger partial charge in [0, 0.05) is 11.9 Å². The molecule has 0 unspecified atom stereocenters. The van der Waals surface area contributed by atoms with Crippen LogP contribution in [0.15, 0.2) is 92.0 Å². The van der Waals surface area contributed by atoms with Crippen LogP contribution in [-0.4, -0.2) is 33.3 Å². The number of anilines is 1. The van der Waals surface area contributed by atoms with Crippen molar-refractivity contribution >= 4 is 35.0 Å². The van der Waals surface area contributed by atoms with Gasteiger partial charge in [-0.2, -0.15) is 5.26 Å². The second-order valence-electron chi connectivity index (χ2n) is 7.90. The summed E-state index contributed by atoms with van der Waals surface area (Å²) < 4.78 is 7.46. The van der Waals surface area contributed by atoms with Crippen molar-refractivity contribution in [2.45, 2.75) is 23.5 Å². The van der Waals surface area contributed by atoms with Crippen molar-refractivity contribution in [3.05, 3.63) is 88.9 Å². The Kier molecular flexibility index (Phi) is 6.49. The Balaban J connectivity index is 1.41. The van der Waals surface area contributed by atoms with Crippen LogP contribution in [0.5, 0.6) is 0 Å². The lowest BCUT2D eigenvalue weighted by atomic mass is 10.2. The summed E-state index contributed by atoms with van der Waals surface area (Å²) in [7, 11) is 1.88. The number of nitrogens with zero attached hydrogens (tertiary/aromatic N) is 5. The standard InChI is InChI=1S/C26H21N5O2S2/c1-17-19(12-13-33-17)24-28-29-26(31(24)15-18-8-4-3-5-9-18)34-16-22(32)20(14-27)25-30(2)21-10-6-7-11-23(21)35-25/h3-13H,15-16H2,1-2H3/b25-20-. The molecule has 0 saturated carbocycles. The summed E-state index contributed by atoms with van der Waals surface area (Å²) in [6.45, 7) is 2.43. The summed E-state index contributed by atoms with van der Waals surface area (Å²) in [6.07, 6.45) is 1.63. The number of thioether (sulfide) groups is 2. The molecule has 5 rings (SSSR count). The van der Waals surface area contributed by atoms with E-state index >= 15 is 0 Å². The Hall–Kier alpha value is -3.74. The normalized spacial score (nSPS) is 14.0. The van der Waals surface area contributed by atoms with Crippen LogP contribution in [-0.2, 0) is 11.3 Å². The first-order valence-electron chi connectivity index (χ1n) is 10.9. The number of benzene rings is 2. The van der Waals surface area contributed by atoms with Gasteiger partial charge in [0.1, 0.15) is 22.4 Å². The van der Waals surface area contributed by atoms with E-state index in [2.05, 4.69) is 16.3 Å². The Bertz CT molecular complexity index is 1470. The average Bonchev–Trinajstić information content (AvgIpc) is 3.57. The SMILES string of the molecule is Cc1occc1-c1nnc(SCC(=O)/C(C#N)=C2\Sc3ccccc3N2C)n1Cc1ccccc1. The van der Waals surface area contributed by atoms with Crippen molar-refractivity contribution in [3.8, 4) is 17.5 Å². The predicted molar refractivity (Wildman–Crippen MR) is 137 cm³/mol. The third kappa shape index (κ3) is 4.50. The number of allylic oxidation sites excluding steroid dienone is 1. The molecule has 0 saturated heterocycles. The molecule has 7 nitrogen and oxygen atoms in total. The summed E-state index contributed by atoms with van der Waals surface area (Å²) in [4.78, 5) is 16.1. The fourth-order valence-corrected chi connectivity index (χ4v) is 5.84. The minimum Gasteiger partial charge on any atom is -0.469 e. The van der Waals surface area contributed by atoms with Gasteiger partial charge in [0.15, 0.2) is 16.8 Å². The van der Waals surface area contributed by atoms with Crippen LogP contribution in [0.25, 0.3) is 11.4 Å². The van der Waals surface area contributed by atoms with Crippen molar-refractivity contribution in [1.29, 1.82) is 5.26 Å². The molecule has 1 aliphatic rings. The van der Waals surface area contributed by atoms with E-state index in [1.807, 2.05) is 84.1 Å². The molecule has 35 heavy (non-hydrogen) atoms. The maximum atomic E-state index is 13.2. The highest BCUT2D eigenvalue weighted by molar-refractivity contribution is 8.03. The first-order valence-corrected chi connectivity index (χ1v) is 12.7. The summed E-state index contributed by atoms with van der Waals surface area (Å²) in [6, 6.07) is 21.9. The van der Waals surface area contributed by atoms with Gasteiger partial charge < -0.3 is 9.32 Å². The zero-order valence-corrected chi connectivity index (χ0v) is 20.8. The number of furan rings is 1. The number of carbonyl (C=O) groups is 1. The van der Waals surface area contributed by atoms with Crippen molar-refractivity contribution in [2.75, 3.05) is 17.7 Å². The molecule has 2 aromatic heterocycles. The van der Waals surface area contributed by atoms with Gasteiger partial charge in [0.2, 0.25) is 0 Å². The van der Waals surface area contributed by atoms with E-state index in [1.54, 1.807) is 6.26 Å². The molecule has 0 amide bonds. The molecule has 9 heteroatoms. The molecule has 0 N–H and O–H groups in total. The second-order valence-corrected chi connectivity index (χ2v) is 9.87. The molecule has 174 valence electrons. The fourth-order valence-electron chi connectivity index (χ4n) is 3.87. The molecule has 0 aliphatic carbocycles. The Morgan fingerprint density at radius 1 is 1.11 bits per heavy atom. The number of fused-ring (bicyclic) bond motifs is 1. The number of aromatic nitrogens is 3. The predicted octanol–water partition coefficient (Wildman–Crippen LogP) is 5.53. The molecule has 2 aromatic carbocycles. The number of hydrogen-bond acceptors (Lipinski definition) is 8. The number of para-hydroxylation sites is 1. The lowest BCUT2D eigenvalue weighted by molar-refractivity contribution is -0.112. The second kappa shape index (κ2) is 9.86. The van der Waals surface area contributed by atoms with E-state index in [0.717, 1.165) is 27.5 Å². The Morgan fingerprint density at radius 2 is 1.89 bits per heavy atom. The minimum absolute atomic E-state index is 0.0778. The van der Waals surface area contributed by atoms with Gasteiger partial charge in [-0.3, -0.25) is 9.36 Å². The largest absolute Gasteiger partial charge is 0.469 e. The highest BCUT2D eigenvalue weighted by Crippen LogP contribution is 2.46. The highest BCUT2D eigenvalue weighted by atomic mass is 32.2. The molecule has 0 bridgehead atoms. The van der Waals surface area contributed by atoms with Crippen molar-refractivity contribution < 1.29 is 9.21 Å². The average molecular weight is 500 g/mol. The van der Waals surface area contributed by atoms with E-state index in [1.165, 1.54) is 23.5 Å². The Labute approximate surface area is 211 Å². The molecule has 4 aromatic rings. The number of ketones is 1. The molecular formula is C26H21N5O2S2. The van der Waals surface area contributed by atoms with E-state index in [0.29, 0.717) is 22.6 Å². The zero-order valence-electron chi connectivity index (χ0n) is 19.1. The van der Waals surface area contributed by atoms with Crippen LogP contribution >= 0.6 is 23.5 Å². The topological polar surface area (TPSA) is 87.9 Å². The quantitative estimate of drug-likeness (QED) is 0.186. The molecular weight excluding hydrogens is 478 g/mol. The molecule has 0 atom stereocenters. The van der Waals surface area contributed by atoms with Gasteiger partial charge in [0.05, 0.1) is 29.8 Å². The van der Waals surface area contributed by atoms with Crippen LogP contribution < -0.4 is 4.90 Å². The van der Waals surface area contributed by atoms with Crippen LogP contribution in [0.1, 0.15) is 11.3 Å². The van der Waals surface area contributed by atoms with Crippen LogP contribution in [0.3, 0.4) is 0 Å². The van der Waals surface area contributed by atoms with E-state index in [-0.39, 0.29) is 17.1 Å². The molecule has 3 heterocycles. The van der Waals surface area contributed by atoms with Gasteiger partial charge in [-0.25, -0.2) is 0 Å². The smallest absolute Gasteiger partial charge is 0.192 e. The number of hydrogen-bond donors (Lipinski definition) is 0. The van der Waals surface area contributed by atoms with Crippen molar-refractivity contribution in [3.63, 3.8) is 0 Å². The fraction of sp³-hybridized carbons (Fsp3) is 0.154. The van der Waals surface area contributed by atoms with Gasteiger partial charge in [-0.15, -0.1) is 10.2 Å². The van der Waals surface area contributed by atoms with Crippen LogP contribution in [0, 0.1) is 18.3 Å². The lowest BCUT2D eigenvalue weighted by Gasteiger charge is -2.14. The lowest BCUT2D eigenvalue weighted by Crippen LogP contribution is -2.16. The number of carbonyl (C=O) groups excluding carboxylic acids is 1. The first-order chi connectivity index (χ1) is 17.1. The van der Waals surface area contributed by atoms with E-state index in [9.17, 15) is 10.1 Å². The molecule has 0 fully saturated rings. The third-order valence-electron chi connectivity index (χ3n) is 5.67. The number of nitriles is 1. The summed E-state index contributed by atoms with van der Waals surface area (Å²) in [5.41, 5.74) is 3.09. The van der Waals surface area contributed by atoms with Gasteiger partial charge in [-0.05, 0) is 30.7 Å². The molecule has 0 spiro atoms. The van der Waals surface area contributed by atoms with E-state index in [4.69, 9.17) is 4.42 Å². The van der Waals surface area contributed by atoms with Gasteiger partial charge >= 0.3 is 0 Å². The summed E-state index contributed by atoms with van der Waals surface area (Å²) in [5.74, 6) is 1.26. The maximum absolute atomic E-state index is 13.2. The monoisotopic (exact) mass is 499 g/mol. The Morgan fingerprint density at radius 3 is 2.60 bits per heavy atom. The van der Waals surface area contributed by atoms with Crippen LogP contribution in [0.2, 0.25) is 0 Å². The number of Topliss-reactive ketones (excluding diaryl/α,β-unsaturated/α-hetero) is 1. The van der Waals surface area contributed by atoms with Crippen LogP contribution in [0.4, 0.5) is 5.69 Å². The minimum atomic E-state index is -0.241. The number of rotatable bonds is 7. The molecule has 1 aliphatic heterocycles. The number of aryl methyl sites for hydroxylation is 1. The van der Waals surface area contributed by atoms with Crippen molar-refractivity contribution in [2.24, 2.45) is 0 Å². The zero-order chi connectivity index (χ0) is 24.4. The van der Waals surface area contributed by atoms with Gasteiger partial charge in [0.25, 0.3) is 0 Å². The first kappa shape index (κ1) is 23.0. The summed E-state index contributed by atoms with van der Waals surface area (Å²) in [5, 5.41) is 19.9. The van der Waals surface area contributed by atoms with Crippen molar-refractivity contribution in [1.82, 2.24) is 14.8 Å². The summed E-state index contributed by atoms with van der Waals surface area (Å²) >= 11 is 2.73. The van der Waals surface area contributed by atoms with Gasteiger partial charge in [-0.1, -0.05) is 66.0 Å². The highest BCUT2D eigenvalue weighted by Gasteiger charge is 2.28. The third-order valence-corrected chi connectivity index (χ3v) is 7.88.